The first-order chi connectivity index (χ1) is 10.7. The third-order valence-corrected chi connectivity index (χ3v) is 4.56. The third kappa shape index (κ3) is 4.83. The molecule has 2 aliphatic heterocycles. The standard InChI is InChI=1S/C17H24N2O3.ClH/c20-14-10-16(18-11-14)17(21)19-8-6-13(7-9-19)12-22-15-4-2-1-3-5-15;/h1-5,13-14,16,18,20H,6-12H2;1H. The number of ether oxygens (including phenoxy) is 1. The van der Waals surface area contributed by atoms with Crippen molar-refractivity contribution in [2.24, 2.45) is 5.92 Å². The monoisotopic (exact) mass is 340 g/mol. The maximum Gasteiger partial charge on any atom is 0.239 e. The number of piperidine rings is 1. The number of β-amino-alcohol motifs (C(OH)–C–C–N with tert-alkyl or cyclic N) is 1. The highest BCUT2D eigenvalue weighted by atomic mass is 35.5. The molecule has 2 atom stereocenters. The number of nitrogens with one attached hydrogen (secondary N) is 1. The number of nitrogens with zero attached hydrogens (tertiary/aromatic N) is 1. The molecule has 0 saturated carbocycles. The molecule has 1 amide bonds. The van der Waals surface area contributed by atoms with Crippen molar-refractivity contribution in [1.29, 1.82) is 0 Å². The number of carbonyl (C=O) groups is 1. The largest absolute Gasteiger partial charge is 0.493 e. The van der Waals surface area contributed by atoms with E-state index in [0.29, 0.717) is 25.5 Å². The molecule has 0 aliphatic carbocycles. The van der Waals surface area contributed by atoms with Crippen LogP contribution in [0.3, 0.4) is 0 Å². The average Bonchev–Trinajstić information content (AvgIpc) is 3.00. The van der Waals surface area contributed by atoms with Crippen molar-refractivity contribution < 1.29 is 14.6 Å². The van der Waals surface area contributed by atoms with Gasteiger partial charge in [-0.25, -0.2) is 0 Å². The highest BCUT2D eigenvalue weighted by Crippen LogP contribution is 2.21. The second kappa shape index (κ2) is 8.52. The molecule has 6 heteroatoms. The number of benzene rings is 1. The summed E-state index contributed by atoms with van der Waals surface area (Å²) in [5.74, 6) is 1.55. The summed E-state index contributed by atoms with van der Waals surface area (Å²) in [5, 5.41) is 12.6. The normalized spacial score (nSPS) is 25.0. The first-order valence-electron chi connectivity index (χ1n) is 8.10. The number of likely N-dealkylation sites (tertiary alicyclic amines) is 1. The molecule has 128 valence electrons. The predicted octanol–water partition coefficient (Wildman–Crippen LogP) is 1.45. The molecule has 2 N–H and O–H groups in total. The van der Waals surface area contributed by atoms with Crippen LogP contribution in [0, 0.1) is 5.92 Å². The van der Waals surface area contributed by atoms with E-state index in [1.165, 1.54) is 0 Å². The number of hydrogen-bond donors (Lipinski definition) is 2. The van der Waals surface area contributed by atoms with E-state index in [2.05, 4.69) is 5.32 Å². The first kappa shape index (κ1) is 18.0. The fraction of sp³-hybridized carbons (Fsp3) is 0.588. The van der Waals surface area contributed by atoms with E-state index in [0.717, 1.165) is 31.7 Å². The van der Waals surface area contributed by atoms with Crippen molar-refractivity contribution in [3.05, 3.63) is 30.3 Å². The van der Waals surface area contributed by atoms with Crippen LogP contribution >= 0.6 is 12.4 Å². The summed E-state index contributed by atoms with van der Waals surface area (Å²) >= 11 is 0. The summed E-state index contributed by atoms with van der Waals surface area (Å²) < 4.78 is 5.81. The molecule has 2 saturated heterocycles. The van der Waals surface area contributed by atoms with Gasteiger partial charge in [0.2, 0.25) is 5.91 Å². The Labute approximate surface area is 143 Å². The van der Waals surface area contributed by atoms with Crippen molar-refractivity contribution >= 4 is 18.3 Å². The number of hydrogen-bond acceptors (Lipinski definition) is 4. The summed E-state index contributed by atoms with van der Waals surface area (Å²) in [6.45, 7) is 2.82. The van der Waals surface area contributed by atoms with Crippen LogP contribution in [0.25, 0.3) is 0 Å². The van der Waals surface area contributed by atoms with Gasteiger partial charge in [0, 0.05) is 19.6 Å². The van der Waals surface area contributed by atoms with Gasteiger partial charge in [-0.15, -0.1) is 12.4 Å². The number of para-hydroxylation sites is 1. The van der Waals surface area contributed by atoms with Crippen LogP contribution in [-0.4, -0.2) is 54.3 Å². The highest BCUT2D eigenvalue weighted by molar-refractivity contribution is 5.85. The van der Waals surface area contributed by atoms with Gasteiger partial charge >= 0.3 is 0 Å². The molecule has 1 aromatic rings. The summed E-state index contributed by atoms with van der Waals surface area (Å²) in [5.41, 5.74) is 0. The molecule has 2 heterocycles. The Bertz CT molecular complexity index is 492. The van der Waals surface area contributed by atoms with Crippen LogP contribution in [0.2, 0.25) is 0 Å². The van der Waals surface area contributed by atoms with E-state index in [9.17, 15) is 9.90 Å². The Balaban J connectivity index is 0.00000192. The van der Waals surface area contributed by atoms with Gasteiger partial charge < -0.3 is 20.1 Å². The predicted molar refractivity (Wildman–Crippen MR) is 90.9 cm³/mol. The number of rotatable bonds is 4. The number of amides is 1. The zero-order valence-corrected chi connectivity index (χ0v) is 14.0. The van der Waals surface area contributed by atoms with Crippen molar-refractivity contribution in [1.82, 2.24) is 10.2 Å². The number of aliphatic hydroxyl groups is 1. The van der Waals surface area contributed by atoms with Crippen LogP contribution in [0.15, 0.2) is 30.3 Å². The second-order valence-corrected chi connectivity index (χ2v) is 6.24. The van der Waals surface area contributed by atoms with Crippen molar-refractivity contribution in [3.63, 3.8) is 0 Å². The molecule has 5 nitrogen and oxygen atoms in total. The maximum atomic E-state index is 12.4. The first-order valence-corrected chi connectivity index (χ1v) is 8.10. The molecular formula is C17H25ClN2O3. The lowest BCUT2D eigenvalue weighted by Gasteiger charge is -2.33. The van der Waals surface area contributed by atoms with Crippen LogP contribution < -0.4 is 10.1 Å². The minimum absolute atomic E-state index is 0. The Morgan fingerprint density at radius 2 is 1.96 bits per heavy atom. The SMILES string of the molecule is Cl.O=C(C1CC(O)CN1)N1CCC(COc2ccccc2)CC1. The molecule has 1 aromatic carbocycles. The van der Waals surface area contributed by atoms with Gasteiger partial charge in [0.05, 0.1) is 18.8 Å². The summed E-state index contributed by atoms with van der Waals surface area (Å²) in [6, 6.07) is 9.66. The van der Waals surface area contributed by atoms with E-state index in [1.54, 1.807) is 0 Å². The Morgan fingerprint density at radius 3 is 2.57 bits per heavy atom. The van der Waals surface area contributed by atoms with Crippen LogP contribution in [0.5, 0.6) is 5.75 Å². The molecule has 2 unspecified atom stereocenters. The number of halogens is 1. The average molecular weight is 341 g/mol. The summed E-state index contributed by atoms with van der Waals surface area (Å²) in [7, 11) is 0. The van der Waals surface area contributed by atoms with Crippen molar-refractivity contribution in [2.45, 2.75) is 31.4 Å². The van der Waals surface area contributed by atoms with Crippen molar-refractivity contribution in [3.8, 4) is 5.75 Å². The lowest BCUT2D eigenvalue weighted by atomic mass is 9.97. The van der Waals surface area contributed by atoms with Crippen LogP contribution in [0.1, 0.15) is 19.3 Å². The molecule has 2 aliphatic rings. The van der Waals surface area contributed by atoms with E-state index in [-0.39, 0.29) is 30.5 Å². The van der Waals surface area contributed by atoms with E-state index >= 15 is 0 Å². The van der Waals surface area contributed by atoms with Gasteiger partial charge in [-0.2, -0.15) is 0 Å². The van der Waals surface area contributed by atoms with E-state index in [4.69, 9.17) is 4.74 Å². The third-order valence-electron chi connectivity index (χ3n) is 4.56. The Hall–Kier alpha value is -1.30. The lowest BCUT2D eigenvalue weighted by molar-refractivity contribution is -0.134. The fourth-order valence-corrected chi connectivity index (χ4v) is 3.18. The summed E-state index contributed by atoms with van der Waals surface area (Å²) in [4.78, 5) is 14.3. The van der Waals surface area contributed by atoms with Gasteiger partial charge in [0.15, 0.2) is 0 Å². The molecule has 0 spiro atoms. The zero-order chi connectivity index (χ0) is 15.4. The second-order valence-electron chi connectivity index (χ2n) is 6.24. The topological polar surface area (TPSA) is 61.8 Å². The molecule has 0 radical (unpaired) electrons. The molecule has 2 fully saturated rings. The molecule has 0 bridgehead atoms. The van der Waals surface area contributed by atoms with Crippen LogP contribution in [0.4, 0.5) is 0 Å². The van der Waals surface area contributed by atoms with Gasteiger partial charge in [-0.3, -0.25) is 4.79 Å². The van der Waals surface area contributed by atoms with Crippen LogP contribution in [-0.2, 0) is 4.79 Å². The molecule has 0 aromatic heterocycles. The highest BCUT2D eigenvalue weighted by Gasteiger charge is 2.33. The number of aliphatic hydroxyl groups excluding tert-OH is 1. The summed E-state index contributed by atoms with van der Waals surface area (Å²) in [6.07, 6.45) is 2.11. The van der Waals surface area contributed by atoms with Gasteiger partial charge in [0.1, 0.15) is 5.75 Å². The van der Waals surface area contributed by atoms with Gasteiger partial charge in [0.25, 0.3) is 0 Å². The minimum atomic E-state index is -0.384. The van der Waals surface area contributed by atoms with E-state index < -0.39 is 0 Å². The van der Waals surface area contributed by atoms with Gasteiger partial charge in [-0.05, 0) is 37.3 Å². The minimum Gasteiger partial charge on any atom is -0.493 e. The molecule has 23 heavy (non-hydrogen) atoms. The molecule has 3 rings (SSSR count). The van der Waals surface area contributed by atoms with Gasteiger partial charge in [-0.1, -0.05) is 18.2 Å². The molecular weight excluding hydrogens is 316 g/mol. The van der Waals surface area contributed by atoms with Crippen molar-refractivity contribution in [2.75, 3.05) is 26.2 Å². The quantitative estimate of drug-likeness (QED) is 0.871. The Morgan fingerprint density at radius 1 is 1.26 bits per heavy atom. The van der Waals surface area contributed by atoms with E-state index in [1.807, 2.05) is 35.2 Å². The lowest BCUT2D eigenvalue weighted by Crippen LogP contribution is -2.47. The smallest absolute Gasteiger partial charge is 0.239 e. The maximum absolute atomic E-state index is 12.4. The zero-order valence-electron chi connectivity index (χ0n) is 13.2. The number of carbonyl (C=O) groups excluding carboxylic acids is 1. The Kier molecular flexibility index (Phi) is 6.69. The fourth-order valence-electron chi connectivity index (χ4n) is 3.18.